The number of nitrogens with one attached hydrogen (secondary N) is 1. The van der Waals surface area contributed by atoms with E-state index in [0.717, 1.165) is 0 Å². The van der Waals surface area contributed by atoms with Crippen LogP contribution in [0.25, 0.3) is 0 Å². The average molecular weight is 268 g/mol. The fourth-order valence-corrected chi connectivity index (χ4v) is 1.50. The van der Waals surface area contributed by atoms with Crippen molar-refractivity contribution in [2.75, 3.05) is 13.2 Å². The summed E-state index contributed by atoms with van der Waals surface area (Å²) >= 11 is 0. The third kappa shape index (κ3) is 6.64. The summed E-state index contributed by atoms with van der Waals surface area (Å²) < 4.78 is 5.34. The summed E-state index contributed by atoms with van der Waals surface area (Å²) in [6.45, 7) is 2.26. The Morgan fingerprint density at radius 3 is 2.63 bits per heavy atom. The van der Waals surface area contributed by atoms with Crippen molar-refractivity contribution in [3.8, 4) is 11.5 Å². The topological polar surface area (TPSA) is 105 Å². The van der Waals surface area contributed by atoms with Gasteiger partial charge in [0, 0.05) is 19.0 Å². The second-order valence-corrected chi connectivity index (χ2v) is 4.44. The van der Waals surface area contributed by atoms with Crippen molar-refractivity contribution in [3.63, 3.8) is 0 Å². The van der Waals surface area contributed by atoms with Crippen molar-refractivity contribution < 1.29 is 19.7 Å². The quantitative estimate of drug-likeness (QED) is 0.530. The number of aromatic hydroxyl groups is 1. The van der Waals surface area contributed by atoms with Gasteiger partial charge < -0.3 is 26.0 Å². The third-order valence-electron chi connectivity index (χ3n) is 2.49. The largest absolute Gasteiger partial charge is 0.508 e. The van der Waals surface area contributed by atoms with Gasteiger partial charge in [-0.2, -0.15) is 0 Å². The number of aliphatic hydroxyl groups excluding tert-OH is 1. The molecule has 0 spiro atoms. The first-order valence-electron chi connectivity index (χ1n) is 6.09. The van der Waals surface area contributed by atoms with E-state index in [4.69, 9.17) is 15.6 Å². The van der Waals surface area contributed by atoms with Crippen molar-refractivity contribution in [2.45, 2.75) is 25.5 Å². The van der Waals surface area contributed by atoms with Gasteiger partial charge in [0.15, 0.2) is 0 Å². The number of carbonyl (C=O) groups is 1. The highest BCUT2D eigenvalue weighted by molar-refractivity contribution is 5.74. The first kappa shape index (κ1) is 15.3. The Morgan fingerprint density at radius 1 is 1.42 bits per heavy atom. The van der Waals surface area contributed by atoms with Crippen LogP contribution in [0.1, 0.15) is 13.3 Å². The van der Waals surface area contributed by atoms with Crippen molar-refractivity contribution >= 4 is 5.91 Å². The van der Waals surface area contributed by atoms with Crippen LogP contribution in [0.3, 0.4) is 0 Å². The highest BCUT2D eigenvalue weighted by Crippen LogP contribution is 2.15. The summed E-state index contributed by atoms with van der Waals surface area (Å²) in [5.74, 6) is 0.353. The van der Waals surface area contributed by atoms with Gasteiger partial charge in [-0.1, -0.05) is 0 Å². The van der Waals surface area contributed by atoms with E-state index in [1.165, 1.54) is 12.1 Å². The Kier molecular flexibility index (Phi) is 6.11. The lowest BCUT2D eigenvalue weighted by Gasteiger charge is -2.16. The summed E-state index contributed by atoms with van der Waals surface area (Å²) in [6.07, 6.45) is -0.463. The Labute approximate surface area is 112 Å². The minimum Gasteiger partial charge on any atom is -0.508 e. The minimum absolute atomic E-state index is 0.0826. The number of hydrogen-bond donors (Lipinski definition) is 4. The molecule has 5 N–H and O–H groups in total. The molecule has 0 fully saturated rings. The van der Waals surface area contributed by atoms with E-state index < -0.39 is 6.10 Å². The van der Waals surface area contributed by atoms with E-state index in [0.29, 0.717) is 12.3 Å². The highest BCUT2D eigenvalue weighted by Gasteiger charge is 2.09. The Balaban J connectivity index is 2.22. The molecule has 1 rings (SSSR count). The zero-order valence-electron chi connectivity index (χ0n) is 10.9. The summed E-state index contributed by atoms with van der Waals surface area (Å²) in [5, 5.41) is 21.8. The van der Waals surface area contributed by atoms with Gasteiger partial charge in [0.05, 0.1) is 0 Å². The number of benzene rings is 1. The molecule has 0 bridgehead atoms. The van der Waals surface area contributed by atoms with E-state index in [2.05, 4.69) is 5.32 Å². The Hall–Kier alpha value is -1.79. The number of amides is 1. The van der Waals surface area contributed by atoms with Crippen LogP contribution in [0.2, 0.25) is 0 Å². The second kappa shape index (κ2) is 7.60. The summed E-state index contributed by atoms with van der Waals surface area (Å²) in [5.41, 5.74) is 5.06. The van der Waals surface area contributed by atoms with Gasteiger partial charge in [-0.15, -0.1) is 0 Å². The molecule has 0 saturated carbocycles. The molecule has 106 valence electrons. The molecular formula is C13H20N2O4. The molecular weight excluding hydrogens is 248 g/mol. The maximum Gasteiger partial charge on any atom is 0.218 e. The van der Waals surface area contributed by atoms with Gasteiger partial charge in [0.1, 0.15) is 24.2 Å². The molecule has 0 aromatic heterocycles. The number of hydrogen-bond acceptors (Lipinski definition) is 5. The summed E-state index contributed by atoms with van der Waals surface area (Å²) in [4.78, 5) is 10.7. The van der Waals surface area contributed by atoms with Gasteiger partial charge in [0.25, 0.3) is 0 Å². The molecule has 0 saturated heterocycles. The zero-order valence-corrected chi connectivity index (χ0v) is 10.9. The predicted octanol–water partition coefficient (Wildman–Crippen LogP) is -0.0146. The van der Waals surface area contributed by atoms with Crippen molar-refractivity contribution in [1.82, 2.24) is 5.32 Å². The standard InChI is InChI=1S/C13H20N2O4/c1-9(6-13(14)18)15-7-11(17)8-19-12-4-2-10(16)3-5-12/h2-5,9,11,15-17H,6-8H2,1H3,(H2,14,18). The summed E-state index contributed by atoms with van der Waals surface area (Å²) in [6, 6.07) is 6.17. The predicted molar refractivity (Wildman–Crippen MR) is 70.9 cm³/mol. The van der Waals surface area contributed by atoms with Gasteiger partial charge in [-0.3, -0.25) is 4.79 Å². The van der Waals surface area contributed by atoms with Crippen LogP contribution in [-0.2, 0) is 4.79 Å². The number of phenolic OH excluding ortho intramolecular Hbond substituents is 1. The average Bonchev–Trinajstić information content (AvgIpc) is 2.35. The van der Waals surface area contributed by atoms with Crippen LogP contribution in [-0.4, -0.2) is 41.4 Å². The lowest BCUT2D eigenvalue weighted by atomic mass is 10.2. The molecule has 1 aromatic carbocycles. The zero-order chi connectivity index (χ0) is 14.3. The van der Waals surface area contributed by atoms with Gasteiger partial charge in [-0.05, 0) is 31.2 Å². The molecule has 0 heterocycles. The normalized spacial score (nSPS) is 13.8. The number of primary amides is 1. The molecule has 6 heteroatoms. The van der Waals surface area contributed by atoms with Crippen LogP contribution in [0.5, 0.6) is 11.5 Å². The fourth-order valence-electron chi connectivity index (χ4n) is 1.50. The highest BCUT2D eigenvalue weighted by atomic mass is 16.5. The van der Waals surface area contributed by atoms with E-state index >= 15 is 0 Å². The molecule has 1 aromatic rings. The maximum absolute atomic E-state index is 10.7. The molecule has 1 amide bonds. The second-order valence-electron chi connectivity index (χ2n) is 4.44. The fraction of sp³-hybridized carbons (Fsp3) is 0.462. The lowest BCUT2D eigenvalue weighted by molar-refractivity contribution is -0.118. The third-order valence-corrected chi connectivity index (χ3v) is 2.49. The SMILES string of the molecule is CC(CC(N)=O)NCC(O)COc1ccc(O)cc1. The molecule has 0 aliphatic carbocycles. The van der Waals surface area contributed by atoms with Crippen molar-refractivity contribution in [2.24, 2.45) is 5.73 Å². The molecule has 6 nitrogen and oxygen atoms in total. The van der Waals surface area contributed by atoms with Crippen LogP contribution >= 0.6 is 0 Å². The van der Waals surface area contributed by atoms with Crippen LogP contribution < -0.4 is 15.8 Å². The lowest BCUT2D eigenvalue weighted by Crippen LogP contribution is -2.38. The van der Waals surface area contributed by atoms with E-state index in [1.54, 1.807) is 12.1 Å². The van der Waals surface area contributed by atoms with E-state index in [1.807, 2.05) is 6.92 Å². The molecule has 0 aliphatic rings. The molecule has 2 unspecified atom stereocenters. The maximum atomic E-state index is 10.7. The first-order valence-corrected chi connectivity index (χ1v) is 6.09. The van der Waals surface area contributed by atoms with Crippen LogP contribution in [0, 0.1) is 0 Å². The molecule has 19 heavy (non-hydrogen) atoms. The van der Waals surface area contributed by atoms with Crippen molar-refractivity contribution in [3.05, 3.63) is 24.3 Å². The monoisotopic (exact) mass is 268 g/mol. The number of phenols is 1. The Morgan fingerprint density at radius 2 is 2.05 bits per heavy atom. The number of ether oxygens (including phenoxy) is 1. The summed E-state index contributed by atoms with van der Waals surface area (Å²) in [7, 11) is 0. The molecule has 2 atom stereocenters. The van der Waals surface area contributed by atoms with Crippen molar-refractivity contribution in [1.29, 1.82) is 0 Å². The number of aliphatic hydroxyl groups is 1. The minimum atomic E-state index is -0.691. The first-order chi connectivity index (χ1) is 8.97. The van der Waals surface area contributed by atoms with E-state index in [-0.39, 0.29) is 30.7 Å². The van der Waals surface area contributed by atoms with Gasteiger partial charge >= 0.3 is 0 Å². The Bertz CT molecular complexity index is 394. The van der Waals surface area contributed by atoms with Crippen LogP contribution in [0.15, 0.2) is 24.3 Å². The van der Waals surface area contributed by atoms with Gasteiger partial charge in [0.2, 0.25) is 5.91 Å². The number of nitrogens with two attached hydrogens (primary N) is 1. The van der Waals surface area contributed by atoms with Crippen LogP contribution in [0.4, 0.5) is 0 Å². The number of rotatable bonds is 8. The molecule has 0 aliphatic heterocycles. The number of carbonyl (C=O) groups excluding carboxylic acids is 1. The molecule has 0 radical (unpaired) electrons. The van der Waals surface area contributed by atoms with Gasteiger partial charge in [-0.25, -0.2) is 0 Å². The smallest absolute Gasteiger partial charge is 0.218 e. The van der Waals surface area contributed by atoms with E-state index in [9.17, 15) is 9.90 Å².